The molecule has 2 amide bonds. The van der Waals surface area contributed by atoms with Crippen molar-refractivity contribution in [1.29, 1.82) is 0 Å². The average molecular weight is 344 g/mol. The maximum atomic E-state index is 13.1. The molecule has 0 aromatic heterocycles. The van der Waals surface area contributed by atoms with E-state index in [1.165, 1.54) is 11.1 Å². The molecule has 1 aromatic carbocycles. The molecule has 5 heteroatoms. The van der Waals surface area contributed by atoms with E-state index in [0.717, 1.165) is 24.8 Å². The Bertz CT molecular complexity index is 641. The molecule has 1 aliphatic carbocycles. The summed E-state index contributed by atoms with van der Waals surface area (Å²) in [5.74, 6) is -0.0376. The Morgan fingerprint density at radius 2 is 1.72 bits per heavy atom. The van der Waals surface area contributed by atoms with Gasteiger partial charge in [-0.25, -0.2) is 0 Å². The van der Waals surface area contributed by atoms with Gasteiger partial charge in [-0.05, 0) is 39.2 Å². The standard InChI is InChI=1S/C20H28N2O3/c1-14-11-15(2)13-17(12-14)20(5-4-6-20)19(24)21-16(3)18(23)22-7-9-25-10-8-22/h11-13,16H,4-10H2,1-3H3,(H,21,24)/t16-/m1/s1. The smallest absolute Gasteiger partial charge is 0.245 e. The monoisotopic (exact) mass is 344 g/mol. The van der Waals surface area contributed by atoms with Gasteiger partial charge in [0, 0.05) is 13.1 Å². The first-order valence-corrected chi connectivity index (χ1v) is 9.19. The van der Waals surface area contributed by atoms with E-state index >= 15 is 0 Å². The number of ether oxygens (including phenoxy) is 1. The molecule has 0 spiro atoms. The van der Waals surface area contributed by atoms with Crippen LogP contribution in [0.3, 0.4) is 0 Å². The second-order valence-electron chi connectivity index (χ2n) is 7.44. The van der Waals surface area contributed by atoms with E-state index in [4.69, 9.17) is 4.74 Å². The van der Waals surface area contributed by atoms with Gasteiger partial charge in [0.1, 0.15) is 6.04 Å². The number of amides is 2. The van der Waals surface area contributed by atoms with Gasteiger partial charge in [-0.3, -0.25) is 9.59 Å². The second-order valence-corrected chi connectivity index (χ2v) is 7.44. The third-order valence-corrected chi connectivity index (χ3v) is 5.46. The van der Waals surface area contributed by atoms with Crippen LogP contribution in [0.5, 0.6) is 0 Å². The van der Waals surface area contributed by atoms with E-state index in [2.05, 4.69) is 37.4 Å². The van der Waals surface area contributed by atoms with E-state index in [0.29, 0.717) is 26.3 Å². The van der Waals surface area contributed by atoms with Gasteiger partial charge in [0.15, 0.2) is 0 Å². The normalized spacial score (nSPS) is 20.5. The van der Waals surface area contributed by atoms with Crippen LogP contribution in [0.2, 0.25) is 0 Å². The fourth-order valence-electron chi connectivity index (χ4n) is 3.88. The summed E-state index contributed by atoms with van der Waals surface area (Å²) in [5.41, 5.74) is 2.95. The molecule has 1 atom stereocenters. The summed E-state index contributed by atoms with van der Waals surface area (Å²) in [5, 5.41) is 2.99. The van der Waals surface area contributed by atoms with Crippen molar-refractivity contribution in [3.63, 3.8) is 0 Å². The van der Waals surface area contributed by atoms with Gasteiger partial charge >= 0.3 is 0 Å². The first kappa shape index (κ1) is 17.9. The van der Waals surface area contributed by atoms with Gasteiger partial charge < -0.3 is 15.0 Å². The molecule has 1 saturated heterocycles. The lowest BCUT2D eigenvalue weighted by Crippen LogP contribution is -2.56. The highest BCUT2D eigenvalue weighted by atomic mass is 16.5. The Kier molecular flexibility index (Phi) is 5.13. The third-order valence-electron chi connectivity index (χ3n) is 5.46. The molecule has 1 N–H and O–H groups in total. The molecule has 1 aliphatic heterocycles. The zero-order valence-corrected chi connectivity index (χ0v) is 15.4. The lowest BCUT2D eigenvalue weighted by Gasteiger charge is -2.42. The molecule has 0 radical (unpaired) electrons. The number of carbonyl (C=O) groups excluding carboxylic acids is 2. The first-order valence-electron chi connectivity index (χ1n) is 9.19. The van der Waals surface area contributed by atoms with Crippen LogP contribution in [0.25, 0.3) is 0 Å². The molecule has 1 aromatic rings. The summed E-state index contributed by atoms with van der Waals surface area (Å²) < 4.78 is 5.29. The van der Waals surface area contributed by atoms with E-state index in [1.54, 1.807) is 11.8 Å². The number of morpholine rings is 1. The summed E-state index contributed by atoms with van der Waals surface area (Å²) >= 11 is 0. The molecular formula is C20H28N2O3. The summed E-state index contributed by atoms with van der Waals surface area (Å²) in [7, 11) is 0. The van der Waals surface area contributed by atoms with E-state index in [9.17, 15) is 9.59 Å². The molecule has 1 heterocycles. The minimum Gasteiger partial charge on any atom is -0.378 e. The number of hydrogen-bond acceptors (Lipinski definition) is 3. The van der Waals surface area contributed by atoms with Crippen LogP contribution < -0.4 is 5.32 Å². The molecule has 136 valence electrons. The van der Waals surface area contributed by atoms with Gasteiger partial charge in [0.25, 0.3) is 0 Å². The highest BCUT2D eigenvalue weighted by Crippen LogP contribution is 2.44. The predicted octanol–water partition coefficient (Wildman–Crippen LogP) is 2.09. The molecule has 25 heavy (non-hydrogen) atoms. The highest BCUT2D eigenvalue weighted by molar-refractivity contribution is 5.93. The number of aryl methyl sites for hydroxylation is 2. The predicted molar refractivity (Wildman–Crippen MR) is 96.4 cm³/mol. The minimum absolute atomic E-state index is 0.0159. The fourth-order valence-corrected chi connectivity index (χ4v) is 3.88. The topological polar surface area (TPSA) is 58.6 Å². The van der Waals surface area contributed by atoms with Gasteiger partial charge in [-0.15, -0.1) is 0 Å². The number of nitrogens with zero attached hydrogens (tertiary/aromatic N) is 1. The van der Waals surface area contributed by atoms with E-state index < -0.39 is 11.5 Å². The molecule has 3 rings (SSSR count). The van der Waals surface area contributed by atoms with Crippen LogP contribution in [0.15, 0.2) is 18.2 Å². The molecule has 2 aliphatic rings. The van der Waals surface area contributed by atoms with E-state index in [1.807, 2.05) is 0 Å². The quantitative estimate of drug-likeness (QED) is 0.910. The van der Waals surface area contributed by atoms with Crippen molar-refractivity contribution < 1.29 is 14.3 Å². The minimum atomic E-state index is -0.506. The Labute approximate surface area is 149 Å². The molecule has 2 fully saturated rings. The fraction of sp³-hybridized carbons (Fsp3) is 0.600. The summed E-state index contributed by atoms with van der Waals surface area (Å²) in [4.78, 5) is 27.4. The van der Waals surface area contributed by atoms with Crippen LogP contribution in [0.4, 0.5) is 0 Å². The van der Waals surface area contributed by atoms with E-state index in [-0.39, 0.29) is 11.8 Å². The number of nitrogens with one attached hydrogen (secondary N) is 1. The number of rotatable bonds is 4. The number of hydrogen-bond donors (Lipinski definition) is 1. The van der Waals surface area contributed by atoms with Gasteiger partial charge in [-0.2, -0.15) is 0 Å². The summed E-state index contributed by atoms with van der Waals surface area (Å²) in [6.07, 6.45) is 2.74. The molecule has 5 nitrogen and oxygen atoms in total. The van der Waals surface area contributed by atoms with Gasteiger partial charge in [-0.1, -0.05) is 35.7 Å². The van der Waals surface area contributed by atoms with Crippen molar-refractivity contribution in [3.8, 4) is 0 Å². The van der Waals surface area contributed by atoms with Gasteiger partial charge in [0.2, 0.25) is 11.8 Å². The Balaban J connectivity index is 1.73. The Hall–Kier alpha value is -1.88. The van der Waals surface area contributed by atoms with Crippen LogP contribution in [-0.2, 0) is 19.7 Å². The molecule has 1 saturated carbocycles. The third kappa shape index (κ3) is 3.56. The van der Waals surface area contributed by atoms with Crippen LogP contribution >= 0.6 is 0 Å². The van der Waals surface area contributed by atoms with Crippen molar-refractivity contribution in [1.82, 2.24) is 10.2 Å². The van der Waals surface area contributed by atoms with Crippen molar-refractivity contribution >= 4 is 11.8 Å². The van der Waals surface area contributed by atoms with Crippen LogP contribution in [0.1, 0.15) is 42.9 Å². The second kappa shape index (κ2) is 7.16. The van der Waals surface area contributed by atoms with Crippen LogP contribution in [0, 0.1) is 13.8 Å². The molecule has 0 unspecified atom stereocenters. The Morgan fingerprint density at radius 1 is 1.12 bits per heavy atom. The number of benzene rings is 1. The van der Waals surface area contributed by atoms with Crippen molar-refractivity contribution in [2.75, 3.05) is 26.3 Å². The Morgan fingerprint density at radius 3 is 2.24 bits per heavy atom. The van der Waals surface area contributed by atoms with Crippen molar-refractivity contribution in [3.05, 3.63) is 34.9 Å². The van der Waals surface area contributed by atoms with Crippen LogP contribution in [-0.4, -0.2) is 49.1 Å². The maximum absolute atomic E-state index is 13.1. The largest absolute Gasteiger partial charge is 0.378 e. The number of carbonyl (C=O) groups is 2. The summed E-state index contributed by atoms with van der Waals surface area (Å²) in [6.45, 7) is 8.24. The van der Waals surface area contributed by atoms with Gasteiger partial charge in [0.05, 0.1) is 18.6 Å². The molecule has 0 bridgehead atoms. The lowest BCUT2D eigenvalue weighted by atomic mass is 9.63. The zero-order valence-electron chi connectivity index (χ0n) is 15.4. The summed E-state index contributed by atoms with van der Waals surface area (Å²) in [6, 6.07) is 5.84. The van der Waals surface area contributed by atoms with Crippen molar-refractivity contribution in [2.45, 2.75) is 51.5 Å². The first-order chi connectivity index (χ1) is 11.9. The lowest BCUT2D eigenvalue weighted by molar-refractivity contribution is -0.141. The van der Waals surface area contributed by atoms with Crippen molar-refractivity contribution in [2.24, 2.45) is 0 Å². The SMILES string of the molecule is Cc1cc(C)cc(C2(C(=O)N[C@H](C)C(=O)N3CCOCC3)CCC2)c1. The zero-order chi connectivity index (χ0) is 18.0. The highest BCUT2D eigenvalue weighted by Gasteiger charge is 2.46. The molecular weight excluding hydrogens is 316 g/mol. The average Bonchev–Trinajstić information content (AvgIpc) is 2.53. The maximum Gasteiger partial charge on any atom is 0.245 e.